The Balaban J connectivity index is 2.05. The first-order valence-corrected chi connectivity index (χ1v) is 7.08. The molecular weight excluding hydrogens is 288 g/mol. The summed E-state index contributed by atoms with van der Waals surface area (Å²) in [4.78, 5) is 16.1. The Labute approximate surface area is 129 Å². The summed E-state index contributed by atoms with van der Waals surface area (Å²) >= 11 is 5.71. The predicted molar refractivity (Wildman–Crippen MR) is 84.0 cm³/mol. The summed E-state index contributed by atoms with van der Waals surface area (Å²) in [6.45, 7) is 4.76. The van der Waals surface area contributed by atoms with E-state index in [-0.39, 0.29) is 5.91 Å². The molecule has 0 saturated heterocycles. The molecule has 0 fully saturated rings. The average Bonchev–Trinajstić information content (AvgIpc) is 2.48. The minimum Gasteiger partial charge on any atom is -0.493 e. The maximum absolute atomic E-state index is 12.2. The molecule has 1 heterocycles. The molecule has 0 aliphatic heterocycles. The summed E-state index contributed by atoms with van der Waals surface area (Å²) < 4.78 is 5.61. The summed E-state index contributed by atoms with van der Waals surface area (Å²) in [5.41, 5.74) is 1.13. The first-order chi connectivity index (χ1) is 10.0. The second kappa shape index (κ2) is 7.09. The number of carbonyl (C=O) groups excluding carboxylic acids is 1. The molecule has 2 rings (SSSR count). The largest absolute Gasteiger partial charge is 0.493 e. The van der Waals surface area contributed by atoms with Crippen LogP contribution < -0.4 is 10.1 Å². The van der Waals surface area contributed by atoms with Crippen LogP contribution in [0.3, 0.4) is 0 Å². The van der Waals surface area contributed by atoms with Gasteiger partial charge in [-0.2, -0.15) is 0 Å². The first kappa shape index (κ1) is 15.3. The minimum atomic E-state index is -0.214. The number of carbonyl (C=O) groups is 1. The topological polar surface area (TPSA) is 51.2 Å². The average molecular weight is 305 g/mol. The number of rotatable bonds is 5. The van der Waals surface area contributed by atoms with Crippen molar-refractivity contribution in [1.29, 1.82) is 0 Å². The Morgan fingerprint density at radius 2 is 2.14 bits per heavy atom. The predicted octanol–water partition coefficient (Wildman–Crippen LogP) is 4.02. The van der Waals surface area contributed by atoms with Gasteiger partial charge in [0.25, 0.3) is 5.91 Å². The summed E-state index contributed by atoms with van der Waals surface area (Å²) in [5, 5.41) is 3.15. The highest BCUT2D eigenvalue weighted by Crippen LogP contribution is 2.16. The highest BCUT2D eigenvalue weighted by Gasteiger charge is 2.08. The lowest BCUT2D eigenvalue weighted by molar-refractivity contribution is 0.102. The molecule has 0 aliphatic rings. The molecule has 2 aromatic rings. The molecular formula is C16H17ClN2O2. The SMILES string of the molecule is CC(C)COc1cccc(C(=O)Nc2ccc(Cl)nc2)c1. The van der Waals surface area contributed by atoms with Gasteiger partial charge in [0.05, 0.1) is 18.5 Å². The van der Waals surface area contributed by atoms with Gasteiger partial charge in [-0.1, -0.05) is 31.5 Å². The van der Waals surface area contributed by atoms with Crippen LogP contribution in [0.15, 0.2) is 42.6 Å². The third-order valence-electron chi connectivity index (χ3n) is 2.66. The molecule has 0 aliphatic carbocycles. The number of anilines is 1. The zero-order valence-corrected chi connectivity index (χ0v) is 12.7. The Bertz CT molecular complexity index is 612. The molecule has 0 atom stereocenters. The normalized spacial score (nSPS) is 10.5. The fourth-order valence-corrected chi connectivity index (χ4v) is 1.75. The van der Waals surface area contributed by atoms with E-state index in [9.17, 15) is 4.79 Å². The van der Waals surface area contributed by atoms with Crippen molar-refractivity contribution in [1.82, 2.24) is 4.98 Å². The number of pyridine rings is 1. The van der Waals surface area contributed by atoms with Crippen LogP contribution in [0.2, 0.25) is 5.15 Å². The van der Waals surface area contributed by atoms with Crippen LogP contribution in [0, 0.1) is 5.92 Å². The van der Waals surface area contributed by atoms with Crippen LogP contribution in [0.1, 0.15) is 24.2 Å². The van der Waals surface area contributed by atoms with E-state index >= 15 is 0 Å². The molecule has 1 aromatic heterocycles. The summed E-state index contributed by atoms with van der Waals surface area (Å²) in [6, 6.07) is 10.4. The van der Waals surface area contributed by atoms with Crippen LogP contribution >= 0.6 is 11.6 Å². The molecule has 21 heavy (non-hydrogen) atoms. The van der Waals surface area contributed by atoms with E-state index in [0.29, 0.717) is 34.7 Å². The van der Waals surface area contributed by atoms with Crippen molar-refractivity contribution in [2.75, 3.05) is 11.9 Å². The molecule has 1 N–H and O–H groups in total. The molecule has 1 amide bonds. The number of benzene rings is 1. The van der Waals surface area contributed by atoms with E-state index < -0.39 is 0 Å². The first-order valence-electron chi connectivity index (χ1n) is 6.70. The number of hydrogen-bond donors (Lipinski definition) is 1. The number of amides is 1. The second-order valence-electron chi connectivity index (χ2n) is 5.06. The molecule has 0 bridgehead atoms. The van der Waals surface area contributed by atoms with E-state index in [1.807, 2.05) is 6.07 Å². The smallest absolute Gasteiger partial charge is 0.255 e. The van der Waals surface area contributed by atoms with E-state index in [1.54, 1.807) is 30.3 Å². The Morgan fingerprint density at radius 1 is 1.33 bits per heavy atom. The van der Waals surface area contributed by atoms with Crippen molar-refractivity contribution >= 4 is 23.2 Å². The van der Waals surface area contributed by atoms with Gasteiger partial charge in [0.2, 0.25) is 0 Å². The van der Waals surface area contributed by atoms with Crippen molar-refractivity contribution in [3.63, 3.8) is 0 Å². The lowest BCUT2D eigenvalue weighted by atomic mass is 10.2. The Hall–Kier alpha value is -2.07. The summed E-state index contributed by atoms with van der Waals surface area (Å²) in [5.74, 6) is 0.905. The standard InChI is InChI=1S/C16H17ClN2O2/c1-11(2)10-21-14-5-3-4-12(8-14)16(20)19-13-6-7-15(17)18-9-13/h3-9,11H,10H2,1-2H3,(H,19,20). The molecule has 110 valence electrons. The zero-order valence-electron chi connectivity index (χ0n) is 12.0. The van der Waals surface area contributed by atoms with E-state index in [0.717, 1.165) is 0 Å². The van der Waals surface area contributed by atoms with Crippen LogP contribution in [0.4, 0.5) is 5.69 Å². The maximum atomic E-state index is 12.2. The molecule has 5 heteroatoms. The van der Waals surface area contributed by atoms with Crippen molar-refractivity contribution < 1.29 is 9.53 Å². The van der Waals surface area contributed by atoms with Crippen LogP contribution in [-0.2, 0) is 0 Å². The van der Waals surface area contributed by atoms with Gasteiger partial charge in [-0.3, -0.25) is 4.79 Å². The van der Waals surface area contributed by atoms with E-state index in [2.05, 4.69) is 24.1 Å². The number of ether oxygens (including phenoxy) is 1. The van der Waals surface area contributed by atoms with Crippen molar-refractivity contribution in [2.45, 2.75) is 13.8 Å². The van der Waals surface area contributed by atoms with Crippen molar-refractivity contribution in [2.24, 2.45) is 5.92 Å². The molecule has 1 aromatic carbocycles. The number of nitrogens with one attached hydrogen (secondary N) is 1. The highest BCUT2D eigenvalue weighted by atomic mass is 35.5. The number of nitrogens with zero attached hydrogens (tertiary/aromatic N) is 1. The highest BCUT2D eigenvalue weighted by molar-refractivity contribution is 6.29. The van der Waals surface area contributed by atoms with Gasteiger partial charge in [-0.15, -0.1) is 0 Å². The molecule has 0 radical (unpaired) electrons. The lowest BCUT2D eigenvalue weighted by Gasteiger charge is -2.10. The van der Waals surface area contributed by atoms with Crippen LogP contribution in [0.5, 0.6) is 5.75 Å². The van der Waals surface area contributed by atoms with Gasteiger partial charge in [-0.05, 0) is 36.2 Å². The Morgan fingerprint density at radius 3 is 2.81 bits per heavy atom. The van der Waals surface area contributed by atoms with Gasteiger partial charge in [-0.25, -0.2) is 4.98 Å². The second-order valence-corrected chi connectivity index (χ2v) is 5.44. The fourth-order valence-electron chi connectivity index (χ4n) is 1.64. The zero-order chi connectivity index (χ0) is 15.2. The monoisotopic (exact) mass is 304 g/mol. The van der Waals surface area contributed by atoms with Crippen LogP contribution in [0.25, 0.3) is 0 Å². The van der Waals surface area contributed by atoms with Gasteiger partial charge in [0.1, 0.15) is 10.9 Å². The van der Waals surface area contributed by atoms with Gasteiger partial charge < -0.3 is 10.1 Å². The molecule has 0 unspecified atom stereocenters. The minimum absolute atomic E-state index is 0.214. The van der Waals surface area contributed by atoms with E-state index in [1.165, 1.54) is 6.20 Å². The summed E-state index contributed by atoms with van der Waals surface area (Å²) in [7, 11) is 0. The summed E-state index contributed by atoms with van der Waals surface area (Å²) in [6.07, 6.45) is 1.51. The van der Waals surface area contributed by atoms with Crippen molar-refractivity contribution in [3.8, 4) is 5.75 Å². The Kier molecular flexibility index (Phi) is 5.17. The number of aromatic nitrogens is 1. The van der Waals surface area contributed by atoms with Gasteiger partial charge in [0.15, 0.2) is 0 Å². The van der Waals surface area contributed by atoms with Crippen LogP contribution in [-0.4, -0.2) is 17.5 Å². The van der Waals surface area contributed by atoms with E-state index in [4.69, 9.17) is 16.3 Å². The van der Waals surface area contributed by atoms with Gasteiger partial charge in [0, 0.05) is 5.56 Å². The quantitative estimate of drug-likeness (QED) is 0.849. The maximum Gasteiger partial charge on any atom is 0.255 e. The molecule has 0 saturated carbocycles. The lowest BCUT2D eigenvalue weighted by Crippen LogP contribution is -2.12. The third-order valence-corrected chi connectivity index (χ3v) is 2.89. The fraction of sp³-hybridized carbons (Fsp3) is 0.250. The number of halogens is 1. The molecule has 4 nitrogen and oxygen atoms in total. The number of hydrogen-bond acceptors (Lipinski definition) is 3. The van der Waals surface area contributed by atoms with Crippen molar-refractivity contribution in [3.05, 3.63) is 53.3 Å². The van der Waals surface area contributed by atoms with Gasteiger partial charge >= 0.3 is 0 Å². The third kappa shape index (κ3) is 4.76. The molecule has 0 spiro atoms.